The van der Waals surface area contributed by atoms with Crippen molar-refractivity contribution in [2.24, 2.45) is 11.8 Å². The third-order valence-electron chi connectivity index (χ3n) is 3.11. The van der Waals surface area contributed by atoms with Gasteiger partial charge < -0.3 is 9.59 Å². The van der Waals surface area contributed by atoms with E-state index in [-0.39, 0.29) is 11.6 Å². The lowest BCUT2D eigenvalue weighted by atomic mass is 9.87. The summed E-state index contributed by atoms with van der Waals surface area (Å²) in [5, 5.41) is 0. The number of Topliss-reactive ketones (excluding diaryl/α,β-unsaturated/α-hetero) is 2. The molecule has 0 saturated heterocycles. The summed E-state index contributed by atoms with van der Waals surface area (Å²) < 4.78 is 0. The van der Waals surface area contributed by atoms with Crippen LogP contribution in [-0.2, 0) is 9.59 Å². The minimum Gasteiger partial charge on any atom is -0.300 e. The molecule has 0 aliphatic heterocycles. The monoisotopic (exact) mass is 212 g/mol. The highest BCUT2D eigenvalue weighted by Crippen LogP contribution is 2.22. The van der Waals surface area contributed by atoms with Crippen LogP contribution in [0.25, 0.3) is 0 Å². The van der Waals surface area contributed by atoms with Gasteiger partial charge in [-0.3, -0.25) is 0 Å². The maximum atomic E-state index is 10.8. The van der Waals surface area contributed by atoms with Crippen molar-refractivity contribution in [1.82, 2.24) is 0 Å². The van der Waals surface area contributed by atoms with Crippen molar-refractivity contribution in [3.63, 3.8) is 0 Å². The van der Waals surface area contributed by atoms with Gasteiger partial charge in [-0.05, 0) is 38.5 Å². The van der Waals surface area contributed by atoms with Gasteiger partial charge in [0.2, 0.25) is 0 Å². The van der Waals surface area contributed by atoms with Gasteiger partial charge in [0.25, 0.3) is 0 Å². The largest absolute Gasteiger partial charge is 0.300 e. The number of hydrogen-bond acceptors (Lipinski definition) is 2. The zero-order valence-corrected chi connectivity index (χ0v) is 10.5. The Bertz CT molecular complexity index is 209. The van der Waals surface area contributed by atoms with Crippen LogP contribution in [0.5, 0.6) is 0 Å². The molecule has 0 spiro atoms. The summed E-state index contributed by atoms with van der Waals surface area (Å²) in [6.45, 7) is 7.70. The highest BCUT2D eigenvalue weighted by Gasteiger charge is 2.12. The van der Waals surface area contributed by atoms with E-state index in [0.29, 0.717) is 24.7 Å². The molecule has 0 aromatic heterocycles. The van der Waals surface area contributed by atoms with E-state index >= 15 is 0 Å². The average Bonchev–Trinajstić information content (AvgIpc) is 2.13. The fraction of sp³-hybridized carbons (Fsp3) is 0.846. The summed E-state index contributed by atoms with van der Waals surface area (Å²) in [7, 11) is 0. The quantitative estimate of drug-likeness (QED) is 0.618. The Kier molecular flexibility index (Phi) is 7.27. The Morgan fingerprint density at radius 2 is 1.33 bits per heavy atom. The van der Waals surface area contributed by atoms with Crippen LogP contribution in [0.1, 0.15) is 59.8 Å². The Morgan fingerprint density at radius 3 is 1.80 bits per heavy atom. The summed E-state index contributed by atoms with van der Waals surface area (Å²) in [6, 6.07) is 0. The van der Waals surface area contributed by atoms with Crippen LogP contribution in [0.2, 0.25) is 0 Å². The predicted octanol–water partition coefficient (Wildman–Crippen LogP) is 3.39. The Labute approximate surface area is 93.4 Å². The summed E-state index contributed by atoms with van der Waals surface area (Å²) >= 11 is 0. The van der Waals surface area contributed by atoms with Crippen molar-refractivity contribution in [2.45, 2.75) is 59.8 Å². The van der Waals surface area contributed by atoms with Gasteiger partial charge >= 0.3 is 0 Å². The van der Waals surface area contributed by atoms with Gasteiger partial charge in [0.05, 0.1) is 0 Å². The molecule has 0 bridgehead atoms. The fourth-order valence-corrected chi connectivity index (χ4v) is 1.67. The van der Waals surface area contributed by atoms with Crippen molar-refractivity contribution in [1.29, 1.82) is 0 Å². The number of hydrogen-bond donors (Lipinski definition) is 0. The van der Waals surface area contributed by atoms with E-state index < -0.39 is 0 Å². The number of rotatable bonds is 8. The lowest BCUT2D eigenvalue weighted by Crippen LogP contribution is -2.10. The molecule has 0 saturated carbocycles. The lowest BCUT2D eigenvalue weighted by molar-refractivity contribution is -0.117. The molecule has 0 radical (unpaired) electrons. The zero-order chi connectivity index (χ0) is 11.8. The molecule has 0 amide bonds. The first-order valence-corrected chi connectivity index (χ1v) is 5.92. The minimum absolute atomic E-state index is 0.276. The Hall–Kier alpha value is -0.660. The summed E-state index contributed by atoms with van der Waals surface area (Å²) in [6.07, 6.45) is 4.46. The first-order chi connectivity index (χ1) is 6.93. The van der Waals surface area contributed by atoms with E-state index in [4.69, 9.17) is 0 Å². The molecule has 2 unspecified atom stereocenters. The van der Waals surface area contributed by atoms with Crippen molar-refractivity contribution < 1.29 is 9.59 Å². The van der Waals surface area contributed by atoms with E-state index in [1.54, 1.807) is 13.8 Å². The van der Waals surface area contributed by atoms with Crippen LogP contribution in [0.4, 0.5) is 0 Å². The van der Waals surface area contributed by atoms with Gasteiger partial charge in [-0.25, -0.2) is 0 Å². The maximum absolute atomic E-state index is 10.8. The molecule has 0 aliphatic rings. The van der Waals surface area contributed by atoms with E-state index in [0.717, 1.165) is 19.3 Å². The molecule has 0 heterocycles. The SMILES string of the molecule is CC(=O)CCCC(C)C(C)CCC(C)=O. The van der Waals surface area contributed by atoms with Gasteiger partial charge in [-0.2, -0.15) is 0 Å². The van der Waals surface area contributed by atoms with Crippen molar-refractivity contribution >= 4 is 11.6 Å². The second kappa shape index (κ2) is 7.61. The second-order valence-electron chi connectivity index (χ2n) is 4.79. The van der Waals surface area contributed by atoms with E-state index in [9.17, 15) is 9.59 Å². The number of ketones is 2. The highest BCUT2D eigenvalue weighted by atomic mass is 16.1. The Morgan fingerprint density at radius 1 is 0.867 bits per heavy atom. The maximum Gasteiger partial charge on any atom is 0.129 e. The summed E-state index contributed by atoms with van der Waals surface area (Å²) in [5.41, 5.74) is 0. The van der Waals surface area contributed by atoms with Crippen LogP contribution < -0.4 is 0 Å². The smallest absolute Gasteiger partial charge is 0.129 e. The highest BCUT2D eigenvalue weighted by molar-refractivity contribution is 5.75. The van der Waals surface area contributed by atoms with Gasteiger partial charge in [0.15, 0.2) is 0 Å². The number of carbonyl (C=O) groups is 2. The third-order valence-corrected chi connectivity index (χ3v) is 3.11. The van der Waals surface area contributed by atoms with Gasteiger partial charge in [0.1, 0.15) is 11.6 Å². The normalized spacial score (nSPS) is 14.7. The molecule has 0 N–H and O–H groups in total. The molecule has 88 valence electrons. The molecule has 0 aliphatic carbocycles. The fourth-order valence-electron chi connectivity index (χ4n) is 1.67. The van der Waals surface area contributed by atoms with Crippen LogP contribution >= 0.6 is 0 Å². The molecule has 2 heteroatoms. The number of carbonyl (C=O) groups excluding carboxylic acids is 2. The molecule has 15 heavy (non-hydrogen) atoms. The summed E-state index contributed by atoms with van der Waals surface area (Å²) in [5.74, 6) is 1.75. The molecule has 0 fully saturated rings. The van der Waals surface area contributed by atoms with Crippen molar-refractivity contribution in [2.75, 3.05) is 0 Å². The van der Waals surface area contributed by atoms with Crippen LogP contribution in [-0.4, -0.2) is 11.6 Å². The molecular formula is C13H24O2. The molecular weight excluding hydrogens is 188 g/mol. The molecule has 0 rings (SSSR count). The van der Waals surface area contributed by atoms with Gasteiger partial charge in [-0.1, -0.05) is 20.3 Å². The molecule has 2 nitrogen and oxygen atoms in total. The van der Waals surface area contributed by atoms with Crippen LogP contribution in [0.3, 0.4) is 0 Å². The van der Waals surface area contributed by atoms with Crippen LogP contribution in [0.15, 0.2) is 0 Å². The Balaban J connectivity index is 3.63. The topological polar surface area (TPSA) is 34.1 Å². The van der Waals surface area contributed by atoms with Crippen LogP contribution in [0, 0.1) is 11.8 Å². The molecule has 0 aromatic rings. The first kappa shape index (κ1) is 14.3. The second-order valence-corrected chi connectivity index (χ2v) is 4.79. The van der Waals surface area contributed by atoms with E-state index in [2.05, 4.69) is 13.8 Å². The van der Waals surface area contributed by atoms with E-state index in [1.807, 2.05) is 0 Å². The minimum atomic E-state index is 0.276. The predicted molar refractivity (Wildman–Crippen MR) is 62.8 cm³/mol. The third kappa shape index (κ3) is 8.34. The lowest BCUT2D eigenvalue weighted by Gasteiger charge is -2.18. The zero-order valence-electron chi connectivity index (χ0n) is 10.5. The molecule has 0 aromatic carbocycles. The first-order valence-electron chi connectivity index (χ1n) is 5.92. The van der Waals surface area contributed by atoms with Gasteiger partial charge in [-0.15, -0.1) is 0 Å². The van der Waals surface area contributed by atoms with Gasteiger partial charge in [0, 0.05) is 12.8 Å². The summed E-state index contributed by atoms with van der Waals surface area (Å²) in [4.78, 5) is 21.6. The standard InChI is InChI=1S/C13H24O2/c1-10(6-5-7-12(3)14)11(2)8-9-13(4)15/h10-11H,5-9H2,1-4H3. The molecule has 2 atom stereocenters. The van der Waals surface area contributed by atoms with Crippen molar-refractivity contribution in [3.8, 4) is 0 Å². The van der Waals surface area contributed by atoms with Crippen molar-refractivity contribution in [3.05, 3.63) is 0 Å². The average molecular weight is 212 g/mol. The van der Waals surface area contributed by atoms with E-state index in [1.165, 1.54) is 0 Å².